The van der Waals surface area contributed by atoms with Crippen molar-refractivity contribution in [3.8, 4) is 6.07 Å². The van der Waals surface area contributed by atoms with Crippen molar-refractivity contribution >= 4 is 34.5 Å². The van der Waals surface area contributed by atoms with E-state index in [1.54, 1.807) is 6.08 Å². The second-order valence-corrected chi connectivity index (χ2v) is 8.26. The van der Waals surface area contributed by atoms with Crippen molar-refractivity contribution in [2.45, 2.75) is 95.4 Å². The molecule has 4 nitrogen and oxygen atoms in total. The fourth-order valence-electron chi connectivity index (χ4n) is 2.27. The number of unbranched alkanes of at least 4 members (excludes halogenated alkanes) is 2. The molecule has 0 saturated carbocycles. The summed E-state index contributed by atoms with van der Waals surface area (Å²) in [6.07, 6.45) is 5.87. The number of nitrogens with one attached hydrogen (secondary N) is 1. The minimum Gasteiger partial charge on any atom is -0.385 e. The van der Waals surface area contributed by atoms with Crippen molar-refractivity contribution in [1.29, 1.82) is 5.26 Å². The standard InChI is InChI=1S/C15H15N3S.C5H12.C4H10.C2H7N.2C2H6/c1-2-18-14-6-5-12-7-11(3-4-13(12)9-14)8-15(10-16)19-17;1-3-5-4-2;1-4(2)3;1-2-3;2*1-2/h3-9,18H,2,17H2,1H3;3-5H2,1-2H3;4H,1-3H3;2-3H2,1H3;2*1-2H3/b15-8+;;;;;. The zero-order valence-electron chi connectivity index (χ0n) is 24.7. The van der Waals surface area contributed by atoms with Crippen LogP contribution < -0.4 is 16.2 Å². The van der Waals surface area contributed by atoms with E-state index in [1.807, 2.05) is 40.7 Å². The van der Waals surface area contributed by atoms with Crippen LogP contribution in [0.2, 0.25) is 0 Å². The number of anilines is 1. The Labute approximate surface area is 223 Å². The molecular weight excluding hydrogens is 448 g/mol. The Bertz CT molecular complexity index is 760. The van der Waals surface area contributed by atoms with Crippen molar-refractivity contribution in [2.24, 2.45) is 16.8 Å². The molecule has 202 valence electrons. The predicted molar refractivity (Wildman–Crippen MR) is 167 cm³/mol. The number of rotatable bonds is 6. The molecule has 5 heteroatoms. The van der Waals surface area contributed by atoms with Gasteiger partial charge in [0.15, 0.2) is 0 Å². The summed E-state index contributed by atoms with van der Waals surface area (Å²) in [5.41, 5.74) is 6.95. The first-order valence-electron chi connectivity index (χ1n) is 13.3. The van der Waals surface area contributed by atoms with Crippen LogP contribution in [-0.4, -0.2) is 13.1 Å². The lowest BCUT2D eigenvalue weighted by atomic mass is 10.1. The summed E-state index contributed by atoms with van der Waals surface area (Å²) in [5.74, 6) is 0.833. The Balaban J connectivity index is -0.000000248. The molecule has 0 atom stereocenters. The third-order valence-corrected chi connectivity index (χ3v) is 3.95. The monoisotopic (exact) mass is 504 g/mol. The van der Waals surface area contributed by atoms with Gasteiger partial charge < -0.3 is 11.1 Å². The first kappa shape index (κ1) is 40.2. The average molecular weight is 505 g/mol. The van der Waals surface area contributed by atoms with Crippen LogP contribution in [-0.2, 0) is 0 Å². The van der Waals surface area contributed by atoms with Crippen LogP contribution in [0.15, 0.2) is 41.3 Å². The third-order valence-electron chi connectivity index (χ3n) is 3.49. The normalized spacial score (nSPS) is 9.23. The maximum absolute atomic E-state index is 8.87. The molecule has 5 N–H and O–H groups in total. The highest BCUT2D eigenvalue weighted by Crippen LogP contribution is 2.22. The van der Waals surface area contributed by atoms with Gasteiger partial charge in [-0.25, -0.2) is 0 Å². The van der Waals surface area contributed by atoms with Crippen LogP contribution in [0.3, 0.4) is 0 Å². The summed E-state index contributed by atoms with van der Waals surface area (Å²) in [6.45, 7) is 24.6. The molecule has 0 aliphatic heterocycles. The number of nitrogens with two attached hydrogens (primary N) is 2. The smallest absolute Gasteiger partial charge is 0.107 e. The molecule has 0 amide bonds. The van der Waals surface area contributed by atoms with Gasteiger partial charge in [-0.05, 0) is 71.9 Å². The van der Waals surface area contributed by atoms with Crippen LogP contribution in [0.4, 0.5) is 5.69 Å². The van der Waals surface area contributed by atoms with Crippen LogP contribution in [0.1, 0.15) is 101 Å². The highest BCUT2D eigenvalue weighted by atomic mass is 32.2. The van der Waals surface area contributed by atoms with Gasteiger partial charge in [-0.1, -0.05) is 107 Å². The van der Waals surface area contributed by atoms with Gasteiger partial charge in [0.1, 0.15) is 11.0 Å². The number of hydrogen-bond donors (Lipinski definition) is 3. The molecule has 0 heterocycles. The van der Waals surface area contributed by atoms with Gasteiger partial charge in [-0.15, -0.1) is 0 Å². The largest absolute Gasteiger partial charge is 0.385 e. The summed E-state index contributed by atoms with van der Waals surface area (Å²) >= 11 is 0.969. The molecular formula is C30H56N4S. The van der Waals surface area contributed by atoms with Crippen molar-refractivity contribution in [3.05, 3.63) is 46.9 Å². The summed E-state index contributed by atoms with van der Waals surface area (Å²) in [7, 11) is 0. The maximum atomic E-state index is 8.87. The molecule has 0 fully saturated rings. The topological polar surface area (TPSA) is 87.9 Å². The Morgan fingerprint density at radius 1 is 0.943 bits per heavy atom. The quantitative estimate of drug-likeness (QED) is 0.269. The molecule has 2 aromatic carbocycles. The molecule has 0 aliphatic rings. The van der Waals surface area contributed by atoms with E-state index in [4.69, 9.17) is 16.1 Å². The zero-order chi connectivity index (χ0) is 28.1. The van der Waals surface area contributed by atoms with Gasteiger partial charge in [0.05, 0.1) is 0 Å². The summed E-state index contributed by atoms with van der Waals surface area (Å²) < 4.78 is 0. The lowest BCUT2D eigenvalue weighted by Crippen LogP contribution is -1.95. The van der Waals surface area contributed by atoms with Crippen molar-refractivity contribution in [2.75, 3.05) is 18.4 Å². The summed E-state index contributed by atoms with van der Waals surface area (Å²) in [4.78, 5) is 0.503. The Hall–Kier alpha value is -2.00. The Morgan fingerprint density at radius 3 is 1.77 bits per heavy atom. The Kier molecular flexibility index (Phi) is 36.7. The molecule has 0 bridgehead atoms. The van der Waals surface area contributed by atoms with E-state index in [0.717, 1.165) is 47.6 Å². The molecule has 2 aromatic rings. The fourth-order valence-corrected chi connectivity index (χ4v) is 2.52. The number of fused-ring (bicyclic) bond motifs is 1. The molecule has 2 rings (SSSR count). The van der Waals surface area contributed by atoms with E-state index >= 15 is 0 Å². The van der Waals surface area contributed by atoms with Gasteiger partial charge in [-0.3, -0.25) is 5.14 Å². The number of nitriles is 1. The Morgan fingerprint density at radius 2 is 1.40 bits per heavy atom. The highest BCUT2D eigenvalue weighted by molar-refractivity contribution is 8.01. The molecule has 0 aliphatic carbocycles. The van der Waals surface area contributed by atoms with Gasteiger partial charge in [-0.2, -0.15) is 5.26 Å². The van der Waals surface area contributed by atoms with Crippen LogP contribution in [0, 0.1) is 17.2 Å². The lowest BCUT2D eigenvalue weighted by Gasteiger charge is -2.05. The number of hydrogen-bond acceptors (Lipinski definition) is 5. The van der Waals surface area contributed by atoms with E-state index < -0.39 is 0 Å². The van der Waals surface area contributed by atoms with E-state index in [9.17, 15) is 0 Å². The van der Waals surface area contributed by atoms with E-state index in [2.05, 4.69) is 83.3 Å². The average Bonchev–Trinajstić information content (AvgIpc) is 2.86. The minimum atomic E-state index is 0.503. The van der Waals surface area contributed by atoms with Gasteiger partial charge in [0.2, 0.25) is 0 Å². The van der Waals surface area contributed by atoms with Crippen molar-refractivity contribution < 1.29 is 0 Å². The van der Waals surface area contributed by atoms with Crippen LogP contribution in [0.25, 0.3) is 16.8 Å². The van der Waals surface area contributed by atoms with E-state index in [1.165, 1.54) is 24.6 Å². The predicted octanol–water partition coefficient (Wildman–Crippen LogP) is 9.62. The molecule has 0 spiro atoms. The number of benzene rings is 2. The minimum absolute atomic E-state index is 0.503. The summed E-state index contributed by atoms with van der Waals surface area (Å²) in [5, 5.41) is 19.9. The SMILES string of the molecule is CC.CC.CC(C)C.CCCCC.CCN.CCNc1ccc2cc(/C=C(\C#N)SN)ccc2c1. The molecule has 35 heavy (non-hydrogen) atoms. The molecule has 0 radical (unpaired) electrons. The summed E-state index contributed by atoms with van der Waals surface area (Å²) in [6, 6.07) is 14.4. The van der Waals surface area contributed by atoms with E-state index in [-0.39, 0.29) is 0 Å². The fraction of sp³-hybridized carbons (Fsp3) is 0.567. The molecule has 0 saturated heterocycles. The van der Waals surface area contributed by atoms with Gasteiger partial charge >= 0.3 is 0 Å². The van der Waals surface area contributed by atoms with E-state index in [0.29, 0.717) is 4.91 Å². The van der Waals surface area contributed by atoms with Crippen LogP contribution >= 0.6 is 11.9 Å². The zero-order valence-corrected chi connectivity index (χ0v) is 25.5. The number of nitrogens with zero attached hydrogens (tertiary/aromatic N) is 1. The maximum Gasteiger partial charge on any atom is 0.107 e. The van der Waals surface area contributed by atoms with Gasteiger partial charge in [0, 0.05) is 12.2 Å². The first-order valence-corrected chi connectivity index (χ1v) is 14.2. The lowest BCUT2D eigenvalue weighted by molar-refractivity contribution is 0.737. The molecule has 0 unspecified atom stereocenters. The second-order valence-electron chi connectivity index (χ2n) is 7.58. The highest BCUT2D eigenvalue weighted by Gasteiger charge is 1.99. The molecule has 0 aromatic heterocycles. The third kappa shape index (κ3) is 26.4. The van der Waals surface area contributed by atoms with Crippen molar-refractivity contribution in [3.63, 3.8) is 0 Å². The first-order chi connectivity index (χ1) is 16.8. The number of allylic oxidation sites excluding steroid dienone is 1. The van der Waals surface area contributed by atoms with Crippen molar-refractivity contribution in [1.82, 2.24) is 0 Å². The van der Waals surface area contributed by atoms with Gasteiger partial charge in [0.25, 0.3) is 0 Å². The second kappa shape index (κ2) is 32.0. The van der Waals surface area contributed by atoms with Crippen LogP contribution in [0.5, 0.6) is 0 Å².